The maximum absolute atomic E-state index is 12.5. The second-order valence-electron chi connectivity index (χ2n) is 8.60. The van der Waals surface area contributed by atoms with Crippen LogP contribution in [0.3, 0.4) is 0 Å². The number of methoxy groups -OCH3 is 1. The van der Waals surface area contributed by atoms with E-state index in [0.29, 0.717) is 18.6 Å². The highest BCUT2D eigenvalue weighted by atomic mass is 17.0. The van der Waals surface area contributed by atoms with Crippen molar-refractivity contribution in [1.29, 1.82) is 0 Å². The number of benzene rings is 1. The van der Waals surface area contributed by atoms with Crippen LogP contribution in [0, 0.1) is 20.2 Å². The fraction of sp³-hybridized carbons (Fsp3) is 0.640. The summed E-state index contributed by atoms with van der Waals surface area (Å²) in [5.41, 5.74) is 0.945. The van der Waals surface area contributed by atoms with Crippen LogP contribution >= 0.6 is 0 Å². The van der Waals surface area contributed by atoms with Crippen LogP contribution in [0.5, 0.6) is 5.75 Å². The summed E-state index contributed by atoms with van der Waals surface area (Å²) < 4.78 is 15.4. The van der Waals surface area contributed by atoms with Crippen molar-refractivity contribution in [3.63, 3.8) is 0 Å². The highest BCUT2D eigenvalue weighted by molar-refractivity contribution is 5.76. The third-order valence-corrected chi connectivity index (χ3v) is 5.22. The molecule has 0 saturated carbocycles. The van der Waals surface area contributed by atoms with Gasteiger partial charge >= 0.3 is 5.97 Å². The van der Waals surface area contributed by atoms with Gasteiger partial charge in [0.2, 0.25) is 5.91 Å². The summed E-state index contributed by atoms with van der Waals surface area (Å²) in [5, 5.41) is 18.0. The van der Waals surface area contributed by atoms with Crippen LogP contribution in [-0.4, -0.2) is 79.0 Å². The molecule has 15 heteroatoms. The standard InChI is InChI=1S/C21H30N2O9.C4H9NO3/c1-16(2)22(20(25)5-4-12-32-23(27)28)13-19(31-15-24)14-30-18-9-6-17(7-10-18)8-11-21(26)29-3;1-2-3-4-8-5(6)7/h6-7,9-10,15-16,19H,4-5,8,11-14H2,1-3H3;2-4H2,1H3. The molecule has 0 aliphatic heterocycles. The van der Waals surface area contributed by atoms with Gasteiger partial charge in [-0.3, -0.25) is 14.4 Å². The van der Waals surface area contributed by atoms with Crippen LogP contribution in [0.15, 0.2) is 24.3 Å². The first kappa shape index (κ1) is 35.8. The van der Waals surface area contributed by atoms with Crippen molar-refractivity contribution < 1.29 is 48.4 Å². The van der Waals surface area contributed by atoms with Crippen LogP contribution in [0.25, 0.3) is 0 Å². The number of carbonyl (C=O) groups excluding carboxylic acids is 3. The molecule has 0 saturated heterocycles. The van der Waals surface area contributed by atoms with Crippen molar-refractivity contribution in [2.45, 2.75) is 71.4 Å². The molecule has 1 aromatic carbocycles. The average molecular weight is 574 g/mol. The van der Waals surface area contributed by atoms with Gasteiger partial charge in [0.05, 0.1) is 26.9 Å². The van der Waals surface area contributed by atoms with E-state index in [0.717, 1.165) is 18.4 Å². The molecule has 0 bridgehead atoms. The zero-order chi connectivity index (χ0) is 30.3. The van der Waals surface area contributed by atoms with Crippen molar-refractivity contribution >= 4 is 18.3 Å². The van der Waals surface area contributed by atoms with Gasteiger partial charge in [-0.25, -0.2) is 0 Å². The number of hydrogen-bond acceptors (Lipinski definition) is 12. The molecule has 0 N–H and O–H groups in total. The summed E-state index contributed by atoms with van der Waals surface area (Å²) in [6, 6.07) is 6.96. The number of amides is 1. The Kier molecular flexibility index (Phi) is 19.5. The van der Waals surface area contributed by atoms with Gasteiger partial charge < -0.3 is 28.8 Å². The molecular weight excluding hydrogens is 534 g/mol. The van der Waals surface area contributed by atoms with Gasteiger partial charge in [0.25, 0.3) is 16.6 Å². The molecule has 1 atom stereocenters. The molecule has 0 aromatic heterocycles. The molecule has 15 nitrogen and oxygen atoms in total. The number of unbranched alkanes of at least 4 members (excludes halogenated alkanes) is 1. The van der Waals surface area contributed by atoms with Crippen LogP contribution < -0.4 is 4.74 Å². The summed E-state index contributed by atoms with van der Waals surface area (Å²) in [6.07, 6.45) is 2.06. The van der Waals surface area contributed by atoms with Gasteiger partial charge in [-0.05, 0) is 50.8 Å². The van der Waals surface area contributed by atoms with Crippen molar-refractivity contribution in [3.8, 4) is 5.75 Å². The predicted octanol–water partition coefficient (Wildman–Crippen LogP) is 2.93. The first-order valence-electron chi connectivity index (χ1n) is 12.8. The normalized spacial score (nSPS) is 10.8. The Morgan fingerprint density at radius 3 is 2.10 bits per heavy atom. The Hall–Kier alpha value is -4.17. The molecular formula is C25H39N3O12. The third kappa shape index (κ3) is 18.1. The zero-order valence-electron chi connectivity index (χ0n) is 23.4. The highest BCUT2D eigenvalue weighted by Gasteiger charge is 2.23. The van der Waals surface area contributed by atoms with E-state index in [4.69, 9.17) is 9.47 Å². The predicted molar refractivity (Wildman–Crippen MR) is 140 cm³/mol. The second kappa shape index (κ2) is 21.7. The summed E-state index contributed by atoms with van der Waals surface area (Å²) in [7, 11) is 1.34. The number of hydrogen-bond donors (Lipinski definition) is 0. The summed E-state index contributed by atoms with van der Waals surface area (Å²) in [4.78, 5) is 64.0. The minimum absolute atomic E-state index is 0.0290. The molecule has 0 aliphatic carbocycles. The van der Waals surface area contributed by atoms with Crippen molar-refractivity contribution in [1.82, 2.24) is 4.90 Å². The Labute approximate surface area is 232 Å². The van der Waals surface area contributed by atoms with E-state index in [-0.39, 0.29) is 63.5 Å². The van der Waals surface area contributed by atoms with E-state index in [1.54, 1.807) is 12.1 Å². The molecule has 1 amide bonds. The molecule has 1 unspecified atom stereocenters. The fourth-order valence-corrected chi connectivity index (χ4v) is 3.11. The van der Waals surface area contributed by atoms with Gasteiger partial charge in [-0.1, -0.05) is 25.5 Å². The Bertz CT molecular complexity index is 896. The molecule has 0 radical (unpaired) electrons. The van der Waals surface area contributed by atoms with Crippen molar-refractivity contribution in [3.05, 3.63) is 50.1 Å². The third-order valence-electron chi connectivity index (χ3n) is 5.22. The first-order valence-corrected chi connectivity index (χ1v) is 12.8. The molecule has 0 heterocycles. The van der Waals surface area contributed by atoms with Gasteiger partial charge in [0.1, 0.15) is 12.4 Å². The molecule has 0 aliphatic rings. The largest absolute Gasteiger partial charge is 0.490 e. The Morgan fingerprint density at radius 1 is 1.00 bits per heavy atom. The van der Waals surface area contributed by atoms with E-state index in [2.05, 4.69) is 14.4 Å². The fourth-order valence-electron chi connectivity index (χ4n) is 3.11. The lowest BCUT2D eigenvalue weighted by molar-refractivity contribution is -0.757. The van der Waals surface area contributed by atoms with Crippen molar-refractivity contribution in [2.75, 3.05) is 33.5 Å². The summed E-state index contributed by atoms with van der Waals surface area (Å²) in [5.74, 6) is 0.0285. The monoisotopic (exact) mass is 573 g/mol. The summed E-state index contributed by atoms with van der Waals surface area (Å²) >= 11 is 0. The lowest BCUT2D eigenvalue weighted by atomic mass is 10.1. The van der Waals surface area contributed by atoms with Crippen LogP contribution in [0.2, 0.25) is 0 Å². The summed E-state index contributed by atoms with van der Waals surface area (Å²) in [6.45, 7) is 6.08. The zero-order valence-corrected chi connectivity index (χ0v) is 23.4. The Morgan fingerprint density at radius 2 is 1.60 bits per heavy atom. The minimum atomic E-state index is -0.901. The molecule has 40 heavy (non-hydrogen) atoms. The maximum Gasteiger partial charge on any atom is 0.305 e. The van der Waals surface area contributed by atoms with E-state index in [1.165, 1.54) is 12.0 Å². The quantitative estimate of drug-likeness (QED) is 0.0730. The van der Waals surface area contributed by atoms with Gasteiger partial charge in [0.15, 0.2) is 6.10 Å². The van der Waals surface area contributed by atoms with Crippen LogP contribution in [0.1, 0.15) is 58.4 Å². The number of esters is 1. The lowest BCUT2D eigenvalue weighted by Crippen LogP contribution is -2.44. The number of rotatable bonds is 20. The highest BCUT2D eigenvalue weighted by Crippen LogP contribution is 2.15. The number of aryl methyl sites for hydroxylation is 1. The topological polar surface area (TPSA) is 187 Å². The number of ether oxygens (including phenoxy) is 3. The molecule has 226 valence electrons. The number of carbonyl (C=O) groups is 3. The average Bonchev–Trinajstić information content (AvgIpc) is 2.91. The van der Waals surface area contributed by atoms with Gasteiger partial charge in [-0.2, -0.15) is 0 Å². The lowest BCUT2D eigenvalue weighted by Gasteiger charge is -2.30. The van der Waals surface area contributed by atoms with Crippen LogP contribution in [0.4, 0.5) is 0 Å². The maximum atomic E-state index is 12.5. The van der Waals surface area contributed by atoms with Gasteiger partial charge in [-0.15, -0.1) is 20.2 Å². The molecule has 0 fully saturated rings. The molecule has 1 aromatic rings. The van der Waals surface area contributed by atoms with Gasteiger partial charge in [0, 0.05) is 18.9 Å². The van der Waals surface area contributed by atoms with E-state index >= 15 is 0 Å². The molecule has 1 rings (SSSR count). The second-order valence-corrected chi connectivity index (χ2v) is 8.60. The smallest absolute Gasteiger partial charge is 0.305 e. The Balaban J connectivity index is 0.00000165. The van der Waals surface area contributed by atoms with E-state index in [9.17, 15) is 34.6 Å². The number of nitrogens with zero attached hydrogens (tertiary/aromatic N) is 3. The SMILES string of the molecule is CCCCO[N+](=O)[O-].COC(=O)CCc1ccc(OCC(CN(C(=O)CCCO[N+](=O)[O-])C(C)C)OC=O)cc1. The minimum Gasteiger partial charge on any atom is -0.490 e. The first-order chi connectivity index (χ1) is 19.0. The molecule has 0 spiro atoms. The van der Waals surface area contributed by atoms with E-state index < -0.39 is 16.3 Å². The van der Waals surface area contributed by atoms with Crippen LogP contribution in [-0.2, 0) is 40.0 Å². The van der Waals surface area contributed by atoms with E-state index in [1.807, 2.05) is 32.9 Å². The van der Waals surface area contributed by atoms with Crippen molar-refractivity contribution in [2.24, 2.45) is 0 Å².